The molecule has 2 heterocycles. The molecule has 0 saturated carbocycles. The number of rotatable bonds is 4. The van der Waals surface area contributed by atoms with E-state index in [0.29, 0.717) is 49.7 Å². The minimum Gasteiger partial charge on any atom is -0.489 e. The van der Waals surface area contributed by atoms with Gasteiger partial charge in [0.15, 0.2) is 5.69 Å². The van der Waals surface area contributed by atoms with Crippen LogP contribution in [0.3, 0.4) is 0 Å². The second-order valence-electron chi connectivity index (χ2n) is 6.48. The van der Waals surface area contributed by atoms with Gasteiger partial charge in [0.25, 0.3) is 11.8 Å². The van der Waals surface area contributed by atoms with E-state index in [-0.39, 0.29) is 24.1 Å². The summed E-state index contributed by atoms with van der Waals surface area (Å²) < 4.78 is 11.0. The van der Waals surface area contributed by atoms with Crippen LogP contribution in [0.2, 0.25) is 0 Å². The zero-order valence-electron chi connectivity index (χ0n) is 16.1. The number of aryl methyl sites for hydroxylation is 1. The van der Waals surface area contributed by atoms with Gasteiger partial charge >= 0.3 is 0 Å². The topological polar surface area (TPSA) is 75.9 Å². The normalized spacial score (nSPS) is 14.1. The van der Waals surface area contributed by atoms with Crippen LogP contribution in [-0.4, -0.2) is 52.9 Å². The molecule has 0 bridgehead atoms. The number of carbonyl (C=O) groups is 2. The number of hydrogen-bond acceptors (Lipinski definition) is 5. The number of para-hydroxylation sites is 1. The zero-order chi connectivity index (χ0) is 19.9. The van der Waals surface area contributed by atoms with E-state index in [4.69, 9.17) is 9.26 Å². The van der Waals surface area contributed by atoms with Gasteiger partial charge in [-0.05, 0) is 38.3 Å². The van der Waals surface area contributed by atoms with Gasteiger partial charge in [-0.1, -0.05) is 29.3 Å². The molecule has 2 aromatic rings. The van der Waals surface area contributed by atoms with Crippen LogP contribution in [0.15, 0.2) is 34.9 Å². The number of ether oxygens (including phenoxy) is 1. The molecule has 0 atom stereocenters. The van der Waals surface area contributed by atoms with E-state index >= 15 is 0 Å². The predicted molar refractivity (Wildman–Crippen MR) is 103 cm³/mol. The molecule has 1 fully saturated rings. The molecular weight excluding hydrogens is 358 g/mol. The molecule has 28 heavy (non-hydrogen) atoms. The van der Waals surface area contributed by atoms with E-state index in [2.05, 4.69) is 17.0 Å². The van der Waals surface area contributed by atoms with Gasteiger partial charge < -0.3 is 19.1 Å². The van der Waals surface area contributed by atoms with Gasteiger partial charge in [0.1, 0.15) is 18.1 Å². The van der Waals surface area contributed by atoms with E-state index in [1.807, 2.05) is 30.3 Å². The van der Waals surface area contributed by atoms with Gasteiger partial charge in [0.05, 0.1) is 5.56 Å². The predicted octanol–water partition coefficient (Wildman–Crippen LogP) is 2.26. The van der Waals surface area contributed by atoms with Crippen molar-refractivity contribution in [3.05, 3.63) is 47.3 Å². The first-order valence-electron chi connectivity index (χ1n) is 9.24. The Morgan fingerprint density at radius 3 is 2.61 bits per heavy atom. The van der Waals surface area contributed by atoms with Crippen LogP contribution in [0.1, 0.15) is 35.2 Å². The number of benzene rings is 1. The molecule has 2 amide bonds. The zero-order valence-corrected chi connectivity index (χ0v) is 16.1. The first kappa shape index (κ1) is 19.5. The van der Waals surface area contributed by atoms with E-state index in [9.17, 15) is 9.59 Å². The summed E-state index contributed by atoms with van der Waals surface area (Å²) >= 11 is 0. The molecule has 0 unspecified atom stereocenters. The van der Waals surface area contributed by atoms with Crippen molar-refractivity contribution >= 4 is 11.8 Å². The van der Waals surface area contributed by atoms with Gasteiger partial charge in [-0.3, -0.25) is 9.59 Å². The Labute approximate surface area is 164 Å². The van der Waals surface area contributed by atoms with E-state index in [1.165, 1.54) is 0 Å². The maximum absolute atomic E-state index is 13.0. The lowest BCUT2D eigenvalue weighted by Crippen LogP contribution is -2.37. The van der Waals surface area contributed by atoms with Crippen LogP contribution >= 0.6 is 0 Å². The standard InChI is InChI=1S/C21H23N3O4/c1-3-8-19(25)23-11-7-12-24(14-13-23)21(26)20-18(16(2)28-22-20)15-27-17-9-5-4-6-10-17/h4-6,9-10H,7,11-15H2,1-2H3. The maximum atomic E-state index is 13.0. The van der Waals surface area contributed by atoms with Gasteiger partial charge in [-0.15, -0.1) is 0 Å². The number of amides is 2. The van der Waals surface area contributed by atoms with Crippen molar-refractivity contribution in [2.45, 2.75) is 26.9 Å². The van der Waals surface area contributed by atoms with Crippen LogP contribution in [0.4, 0.5) is 0 Å². The van der Waals surface area contributed by atoms with Crippen molar-refractivity contribution in [1.82, 2.24) is 15.0 Å². The number of aromatic nitrogens is 1. The highest BCUT2D eigenvalue weighted by molar-refractivity contribution is 5.95. The highest BCUT2D eigenvalue weighted by Crippen LogP contribution is 2.19. The molecule has 7 heteroatoms. The van der Waals surface area contributed by atoms with Crippen LogP contribution in [-0.2, 0) is 11.4 Å². The van der Waals surface area contributed by atoms with Crippen LogP contribution < -0.4 is 4.74 Å². The SMILES string of the molecule is CC#CC(=O)N1CCCN(C(=O)c2noc(C)c2COc2ccccc2)CC1. The molecule has 7 nitrogen and oxygen atoms in total. The summed E-state index contributed by atoms with van der Waals surface area (Å²) in [4.78, 5) is 28.4. The summed E-state index contributed by atoms with van der Waals surface area (Å²) in [5.74, 6) is 6.04. The van der Waals surface area contributed by atoms with Crippen LogP contribution in [0.25, 0.3) is 0 Å². The molecular formula is C21H23N3O4. The fourth-order valence-electron chi connectivity index (χ4n) is 3.06. The Morgan fingerprint density at radius 1 is 1.14 bits per heavy atom. The number of hydrogen-bond donors (Lipinski definition) is 0. The Balaban J connectivity index is 1.68. The summed E-state index contributed by atoms with van der Waals surface area (Å²) in [5.41, 5.74) is 0.907. The van der Waals surface area contributed by atoms with E-state index < -0.39 is 0 Å². The summed E-state index contributed by atoms with van der Waals surface area (Å²) in [6.07, 6.45) is 0.690. The quantitative estimate of drug-likeness (QED) is 0.760. The Kier molecular flexibility index (Phi) is 6.33. The van der Waals surface area contributed by atoms with Crippen molar-refractivity contribution in [1.29, 1.82) is 0 Å². The average Bonchev–Trinajstić information content (AvgIpc) is 2.91. The number of carbonyl (C=O) groups excluding carboxylic acids is 2. The van der Waals surface area contributed by atoms with Crippen LogP contribution in [0.5, 0.6) is 5.75 Å². The second kappa shape index (κ2) is 9.09. The largest absolute Gasteiger partial charge is 0.489 e. The third-order valence-corrected chi connectivity index (χ3v) is 4.62. The number of nitrogens with zero attached hydrogens (tertiary/aromatic N) is 3. The summed E-state index contributed by atoms with van der Waals surface area (Å²) in [6.45, 7) is 5.61. The monoisotopic (exact) mass is 381 g/mol. The average molecular weight is 381 g/mol. The molecule has 1 aliphatic heterocycles. The second-order valence-corrected chi connectivity index (χ2v) is 6.48. The maximum Gasteiger partial charge on any atom is 0.298 e. The van der Waals surface area contributed by atoms with Crippen molar-refractivity contribution in [2.24, 2.45) is 0 Å². The fraction of sp³-hybridized carbons (Fsp3) is 0.381. The first-order chi connectivity index (χ1) is 13.6. The highest BCUT2D eigenvalue weighted by Gasteiger charge is 2.27. The fourth-order valence-corrected chi connectivity index (χ4v) is 3.06. The minimum atomic E-state index is -0.209. The molecule has 0 aliphatic carbocycles. The van der Waals surface area contributed by atoms with Gasteiger partial charge in [-0.2, -0.15) is 0 Å². The van der Waals surface area contributed by atoms with Crippen LogP contribution in [0, 0.1) is 18.8 Å². The summed E-state index contributed by atoms with van der Waals surface area (Å²) in [6, 6.07) is 9.38. The molecule has 1 aromatic carbocycles. The molecule has 0 N–H and O–H groups in total. The first-order valence-corrected chi connectivity index (χ1v) is 9.24. The molecule has 3 rings (SSSR count). The van der Waals surface area contributed by atoms with Crippen molar-refractivity contribution < 1.29 is 18.8 Å². The summed E-state index contributed by atoms with van der Waals surface area (Å²) in [7, 11) is 0. The van der Waals surface area contributed by atoms with Crippen molar-refractivity contribution in [3.63, 3.8) is 0 Å². The minimum absolute atomic E-state index is 0.199. The lowest BCUT2D eigenvalue weighted by molar-refractivity contribution is -0.125. The smallest absolute Gasteiger partial charge is 0.298 e. The van der Waals surface area contributed by atoms with Gasteiger partial charge in [-0.25, -0.2) is 0 Å². The molecule has 1 saturated heterocycles. The highest BCUT2D eigenvalue weighted by atomic mass is 16.5. The van der Waals surface area contributed by atoms with E-state index in [0.717, 1.165) is 0 Å². The van der Waals surface area contributed by atoms with Gasteiger partial charge in [0.2, 0.25) is 0 Å². The van der Waals surface area contributed by atoms with Gasteiger partial charge in [0, 0.05) is 26.2 Å². The van der Waals surface area contributed by atoms with E-state index in [1.54, 1.807) is 23.6 Å². The van der Waals surface area contributed by atoms with Crippen molar-refractivity contribution in [3.8, 4) is 17.6 Å². The van der Waals surface area contributed by atoms with Crippen molar-refractivity contribution in [2.75, 3.05) is 26.2 Å². The molecule has 146 valence electrons. The molecule has 1 aromatic heterocycles. The lowest BCUT2D eigenvalue weighted by atomic mass is 10.2. The molecule has 1 aliphatic rings. The Morgan fingerprint density at radius 2 is 1.86 bits per heavy atom. The Bertz CT molecular complexity index is 895. The summed E-state index contributed by atoms with van der Waals surface area (Å²) in [5, 5.41) is 3.97. The lowest BCUT2D eigenvalue weighted by Gasteiger charge is -2.20. The third-order valence-electron chi connectivity index (χ3n) is 4.62. The third kappa shape index (κ3) is 4.52. The Hall–Kier alpha value is -3.27. The molecule has 0 radical (unpaired) electrons. The molecule has 0 spiro atoms.